The summed E-state index contributed by atoms with van der Waals surface area (Å²) < 4.78 is 5.52. The topological polar surface area (TPSA) is 61.9 Å². The van der Waals surface area contributed by atoms with Crippen LogP contribution in [0.1, 0.15) is 12.5 Å². The van der Waals surface area contributed by atoms with Gasteiger partial charge in [-0.3, -0.25) is 9.59 Å². The Hall–Kier alpha value is -1.63. The monoisotopic (exact) mass is 351 g/mol. The van der Waals surface area contributed by atoms with Crippen molar-refractivity contribution in [1.29, 1.82) is 0 Å². The van der Waals surface area contributed by atoms with Gasteiger partial charge >= 0.3 is 0 Å². The molecular weight excluding hydrogens is 330 g/mol. The number of ether oxygens (including phenoxy) is 1. The second-order valence-corrected chi connectivity index (χ2v) is 6.65. The van der Waals surface area contributed by atoms with Gasteiger partial charge in [-0.2, -0.15) is 0 Å². The van der Waals surface area contributed by atoms with E-state index in [1.807, 2.05) is 31.2 Å². The lowest BCUT2D eigenvalue weighted by Gasteiger charge is -2.38. The number of benzene rings is 1. The van der Waals surface area contributed by atoms with Gasteiger partial charge in [-0.15, -0.1) is 0 Å². The first-order valence-corrected chi connectivity index (χ1v) is 8.58. The molecule has 0 radical (unpaired) electrons. The summed E-state index contributed by atoms with van der Waals surface area (Å²) in [5, 5.41) is 3.84. The van der Waals surface area contributed by atoms with E-state index in [0.717, 1.165) is 5.56 Å². The molecule has 0 aromatic heterocycles. The first kappa shape index (κ1) is 17.2. The Bertz CT molecular complexity index is 625. The molecule has 0 saturated carbocycles. The average Bonchev–Trinajstić information content (AvgIpc) is 2.56. The van der Waals surface area contributed by atoms with Gasteiger partial charge in [0.2, 0.25) is 11.8 Å². The van der Waals surface area contributed by atoms with Crippen LogP contribution in [0, 0.1) is 0 Å². The van der Waals surface area contributed by atoms with E-state index in [1.165, 1.54) is 0 Å². The number of morpholine rings is 1. The minimum Gasteiger partial charge on any atom is -0.375 e. The molecule has 0 unspecified atom stereocenters. The lowest BCUT2D eigenvalue weighted by molar-refractivity contribution is -0.150. The molecule has 130 valence electrons. The number of piperazine rings is 1. The molecule has 1 aromatic carbocycles. The molecule has 2 fully saturated rings. The molecule has 7 heteroatoms. The fourth-order valence-electron chi connectivity index (χ4n) is 3.13. The van der Waals surface area contributed by atoms with Crippen molar-refractivity contribution in [2.24, 2.45) is 0 Å². The molecule has 1 aromatic rings. The van der Waals surface area contributed by atoms with Crippen LogP contribution in [0.3, 0.4) is 0 Å². The Morgan fingerprint density at radius 2 is 2.25 bits per heavy atom. The highest BCUT2D eigenvalue weighted by atomic mass is 35.5. The SMILES string of the molecule is C[C@H]1OCCN[C@@H]1C(=O)N1CCN(Cc2cccc(Cl)c2)C(=O)C1. The molecule has 24 heavy (non-hydrogen) atoms. The third-order valence-electron chi connectivity index (χ3n) is 4.48. The van der Waals surface area contributed by atoms with Crippen molar-refractivity contribution in [2.45, 2.75) is 25.6 Å². The minimum absolute atomic E-state index is 0.0426. The van der Waals surface area contributed by atoms with E-state index in [1.54, 1.807) is 9.80 Å². The second-order valence-electron chi connectivity index (χ2n) is 6.21. The Morgan fingerprint density at radius 3 is 2.96 bits per heavy atom. The highest BCUT2D eigenvalue weighted by Gasteiger charge is 2.35. The second kappa shape index (κ2) is 7.51. The molecule has 2 atom stereocenters. The van der Waals surface area contributed by atoms with E-state index < -0.39 is 0 Å². The zero-order chi connectivity index (χ0) is 17.1. The van der Waals surface area contributed by atoms with Crippen LogP contribution in [0.5, 0.6) is 0 Å². The number of carbonyl (C=O) groups excluding carboxylic acids is 2. The molecule has 2 heterocycles. The average molecular weight is 352 g/mol. The standard InChI is InChI=1S/C17H22ClN3O3/c1-12-16(19-5-8-24-12)17(23)21-7-6-20(15(22)11-21)10-13-3-2-4-14(18)9-13/h2-4,9,12,16,19H,5-8,10-11H2,1H3/t12-,16+/m1/s1. The summed E-state index contributed by atoms with van der Waals surface area (Å²) in [5.41, 5.74) is 0.992. The summed E-state index contributed by atoms with van der Waals surface area (Å²) in [7, 11) is 0. The van der Waals surface area contributed by atoms with E-state index in [2.05, 4.69) is 5.32 Å². The number of nitrogens with zero attached hydrogens (tertiary/aromatic N) is 2. The summed E-state index contributed by atoms with van der Waals surface area (Å²) in [6.07, 6.45) is -0.175. The van der Waals surface area contributed by atoms with Crippen LogP contribution in [0.25, 0.3) is 0 Å². The first-order chi connectivity index (χ1) is 11.5. The normalized spacial score (nSPS) is 25.0. The fourth-order valence-corrected chi connectivity index (χ4v) is 3.34. The van der Waals surface area contributed by atoms with Gasteiger partial charge in [0.25, 0.3) is 0 Å². The lowest BCUT2D eigenvalue weighted by Crippen LogP contribution is -2.60. The van der Waals surface area contributed by atoms with Gasteiger partial charge in [-0.25, -0.2) is 0 Å². The van der Waals surface area contributed by atoms with E-state index in [9.17, 15) is 9.59 Å². The molecule has 0 bridgehead atoms. The van der Waals surface area contributed by atoms with Crippen molar-refractivity contribution in [2.75, 3.05) is 32.8 Å². The van der Waals surface area contributed by atoms with Gasteiger partial charge in [0.05, 0.1) is 19.3 Å². The summed E-state index contributed by atoms with van der Waals surface area (Å²) in [5.74, 6) is -0.100. The van der Waals surface area contributed by atoms with Crippen LogP contribution in [0.4, 0.5) is 0 Å². The molecule has 1 N–H and O–H groups in total. The number of amides is 2. The summed E-state index contributed by atoms with van der Waals surface area (Å²) in [6.45, 7) is 4.84. The van der Waals surface area contributed by atoms with Crippen molar-refractivity contribution in [3.05, 3.63) is 34.9 Å². The Balaban J connectivity index is 1.58. The van der Waals surface area contributed by atoms with Gasteiger partial charge in [-0.1, -0.05) is 23.7 Å². The number of hydrogen-bond donors (Lipinski definition) is 1. The zero-order valence-corrected chi connectivity index (χ0v) is 14.5. The van der Waals surface area contributed by atoms with Gasteiger partial charge in [0, 0.05) is 31.2 Å². The van der Waals surface area contributed by atoms with Gasteiger partial charge in [-0.05, 0) is 24.6 Å². The van der Waals surface area contributed by atoms with Crippen LogP contribution in [0.15, 0.2) is 24.3 Å². The van der Waals surface area contributed by atoms with Crippen molar-refractivity contribution >= 4 is 23.4 Å². The van der Waals surface area contributed by atoms with Crippen molar-refractivity contribution in [3.8, 4) is 0 Å². The third kappa shape index (κ3) is 3.88. The molecule has 0 spiro atoms. The Morgan fingerprint density at radius 1 is 1.42 bits per heavy atom. The molecule has 0 aliphatic carbocycles. The van der Waals surface area contributed by atoms with Crippen molar-refractivity contribution < 1.29 is 14.3 Å². The predicted molar refractivity (Wildman–Crippen MR) is 90.7 cm³/mol. The Kier molecular flexibility index (Phi) is 5.38. The smallest absolute Gasteiger partial charge is 0.242 e. The van der Waals surface area contributed by atoms with Crippen molar-refractivity contribution in [1.82, 2.24) is 15.1 Å². The number of hydrogen-bond acceptors (Lipinski definition) is 4. The number of nitrogens with one attached hydrogen (secondary N) is 1. The fraction of sp³-hybridized carbons (Fsp3) is 0.529. The number of carbonyl (C=O) groups is 2. The zero-order valence-electron chi connectivity index (χ0n) is 13.7. The van der Waals surface area contributed by atoms with Crippen LogP contribution in [-0.2, 0) is 20.9 Å². The lowest BCUT2D eigenvalue weighted by atomic mass is 10.1. The Labute approximate surface area is 146 Å². The molecule has 2 aliphatic heterocycles. The maximum absolute atomic E-state index is 12.6. The molecule has 6 nitrogen and oxygen atoms in total. The molecule has 3 rings (SSSR count). The van der Waals surface area contributed by atoms with E-state index in [4.69, 9.17) is 16.3 Å². The van der Waals surface area contributed by atoms with Crippen LogP contribution < -0.4 is 5.32 Å². The van der Waals surface area contributed by atoms with Crippen LogP contribution >= 0.6 is 11.6 Å². The van der Waals surface area contributed by atoms with Gasteiger partial charge in [0.1, 0.15) is 6.04 Å². The first-order valence-electron chi connectivity index (χ1n) is 8.20. The van der Waals surface area contributed by atoms with Gasteiger partial charge in [0.15, 0.2) is 0 Å². The molecule has 2 amide bonds. The largest absolute Gasteiger partial charge is 0.375 e. The molecular formula is C17H22ClN3O3. The molecule has 2 aliphatic rings. The van der Waals surface area contributed by atoms with E-state index in [-0.39, 0.29) is 30.5 Å². The van der Waals surface area contributed by atoms with E-state index in [0.29, 0.717) is 37.8 Å². The summed E-state index contributed by atoms with van der Waals surface area (Å²) in [4.78, 5) is 28.4. The third-order valence-corrected chi connectivity index (χ3v) is 4.71. The summed E-state index contributed by atoms with van der Waals surface area (Å²) in [6, 6.07) is 7.12. The number of rotatable bonds is 3. The minimum atomic E-state index is -0.369. The van der Waals surface area contributed by atoms with Crippen LogP contribution in [0.2, 0.25) is 5.02 Å². The van der Waals surface area contributed by atoms with Gasteiger partial charge < -0.3 is 19.9 Å². The highest BCUT2D eigenvalue weighted by molar-refractivity contribution is 6.30. The number of halogens is 1. The predicted octanol–water partition coefficient (Wildman–Crippen LogP) is 0.888. The van der Waals surface area contributed by atoms with E-state index >= 15 is 0 Å². The maximum Gasteiger partial charge on any atom is 0.242 e. The molecule has 2 saturated heterocycles. The highest BCUT2D eigenvalue weighted by Crippen LogP contribution is 2.16. The quantitative estimate of drug-likeness (QED) is 0.878. The van der Waals surface area contributed by atoms with Crippen LogP contribution in [-0.4, -0.2) is 66.5 Å². The maximum atomic E-state index is 12.6. The van der Waals surface area contributed by atoms with Crippen molar-refractivity contribution in [3.63, 3.8) is 0 Å². The summed E-state index contributed by atoms with van der Waals surface area (Å²) >= 11 is 5.99.